The number of benzene rings is 3. The molecule has 0 bridgehead atoms. The lowest BCUT2D eigenvalue weighted by Crippen LogP contribution is -2.13. The van der Waals surface area contributed by atoms with Gasteiger partial charge in [-0.1, -0.05) is 48.5 Å². The molecule has 4 aromatic rings. The van der Waals surface area contributed by atoms with Gasteiger partial charge in [-0.15, -0.1) is 0 Å². The van der Waals surface area contributed by atoms with Gasteiger partial charge in [0.1, 0.15) is 23.7 Å². The number of hydrogen-bond acceptors (Lipinski definition) is 4. The van der Waals surface area contributed by atoms with Crippen molar-refractivity contribution in [2.45, 2.75) is 26.9 Å². The van der Waals surface area contributed by atoms with Gasteiger partial charge in [0.2, 0.25) is 0 Å². The molecule has 4 rings (SSSR count). The minimum absolute atomic E-state index is 0.373. The number of aryl methyl sites for hydroxylation is 2. The zero-order valence-corrected chi connectivity index (χ0v) is 17.4. The summed E-state index contributed by atoms with van der Waals surface area (Å²) in [6.45, 7) is 4.46. The van der Waals surface area contributed by atoms with Gasteiger partial charge in [0.05, 0.1) is 18.1 Å². The molecule has 0 spiro atoms. The van der Waals surface area contributed by atoms with Crippen molar-refractivity contribution >= 4 is 11.0 Å². The second-order valence-corrected chi connectivity index (χ2v) is 7.38. The van der Waals surface area contributed by atoms with Crippen LogP contribution in [0.2, 0.25) is 0 Å². The predicted octanol–water partition coefficient (Wildman–Crippen LogP) is 5.59. The summed E-state index contributed by atoms with van der Waals surface area (Å²) in [5.74, 6) is 1.19. The molecule has 152 valence electrons. The molecule has 0 radical (unpaired) electrons. The van der Waals surface area contributed by atoms with E-state index in [0.717, 1.165) is 27.6 Å². The van der Waals surface area contributed by atoms with Crippen LogP contribution in [0.3, 0.4) is 0 Å². The van der Waals surface area contributed by atoms with Crippen LogP contribution in [0.1, 0.15) is 27.8 Å². The summed E-state index contributed by atoms with van der Waals surface area (Å²) in [6, 6.07) is 21.6. The second kappa shape index (κ2) is 8.46. The average Bonchev–Trinajstić information content (AvgIpc) is 2.75. The molecule has 0 saturated heterocycles. The monoisotopic (exact) mass is 400 g/mol. The van der Waals surface area contributed by atoms with E-state index in [0.29, 0.717) is 35.7 Å². The third-order valence-electron chi connectivity index (χ3n) is 5.42. The molecule has 0 atom stereocenters. The van der Waals surface area contributed by atoms with Gasteiger partial charge in [0, 0.05) is 12.5 Å². The molecule has 4 nitrogen and oxygen atoms in total. The van der Waals surface area contributed by atoms with Crippen LogP contribution in [0, 0.1) is 13.8 Å². The number of ether oxygens (including phenoxy) is 2. The molecule has 0 saturated carbocycles. The predicted molar refractivity (Wildman–Crippen MR) is 119 cm³/mol. The molecule has 0 fully saturated rings. The van der Waals surface area contributed by atoms with Gasteiger partial charge < -0.3 is 13.9 Å². The van der Waals surface area contributed by atoms with Crippen LogP contribution in [0.5, 0.6) is 11.5 Å². The first-order valence-electron chi connectivity index (χ1n) is 9.92. The highest BCUT2D eigenvalue weighted by atomic mass is 16.5. The van der Waals surface area contributed by atoms with Crippen LogP contribution in [-0.4, -0.2) is 7.11 Å². The van der Waals surface area contributed by atoms with Crippen molar-refractivity contribution < 1.29 is 13.9 Å². The summed E-state index contributed by atoms with van der Waals surface area (Å²) in [5.41, 5.74) is 5.00. The number of fused-ring (bicyclic) bond motifs is 1. The quantitative estimate of drug-likeness (QED) is 0.396. The first-order valence-corrected chi connectivity index (χ1v) is 9.92. The van der Waals surface area contributed by atoms with Gasteiger partial charge in [0.15, 0.2) is 0 Å². The summed E-state index contributed by atoms with van der Waals surface area (Å²) >= 11 is 0. The lowest BCUT2D eigenvalue weighted by atomic mass is 10.00. The van der Waals surface area contributed by atoms with E-state index in [2.05, 4.69) is 13.0 Å². The van der Waals surface area contributed by atoms with Gasteiger partial charge >= 0.3 is 5.63 Å². The normalized spacial score (nSPS) is 10.9. The maximum Gasteiger partial charge on any atom is 0.343 e. The number of rotatable bonds is 6. The molecule has 1 aromatic heterocycles. The van der Waals surface area contributed by atoms with E-state index in [4.69, 9.17) is 13.9 Å². The van der Waals surface area contributed by atoms with E-state index in [-0.39, 0.29) is 0 Å². The highest BCUT2D eigenvalue weighted by Crippen LogP contribution is 2.32. The van der Waals surface area contributed by atoms with Crippen LogP contribution < -0.4 is 15.1 Å². The van der Waals surface area contributed by atoms with Crippen molar-refractivity contribution in [3.8, 4) is 11.5 Å². The molecule has 0 N–H and O–H groups in total. The lowest BCUT2D eigenvalue weighted by Gasteiger charge is -2.15. The Bertz CT molecular complexity index is 1250. The zero-order chi connectivity index (χ0) is 21.1. The number of hydrogen-bond donors (Lipinski definition) is 0. The van der Waals surface area contributed by atoms with Crippen molar-refractivity contribution in [3.05, 3.63) is 105 Å². The zero-order valence-electron chi connectivity index (χ0n) is 17.4. The molecule has 0 unspecified atom stereocenters. The van der Waals surface area contributed by atoms with Crippen LogP contribution in [0.25, 0.3) is 11.0 Å². The highest BCUT2D eigenvalue weighted by molar-refractivity contribution is 5.85. The van der Waals surface area contributed by atoms with Gasteiger partial charge in [-0.05, 0) is 48.2 Å². The van der Waals surface area contributed by atoms with Crippen LogP contribution >= 0.6 is 0 Å². The van der Waals surface area contributed by atoms with E-state index in [1.165, 1.54) is 0 Å². The Morgan fingerprint density at radius 2 is 1.53 bits per heavy atom. The van der Waals surface area contributed by atoms with Gasteiger partial charge in [-0.3, -0.25) is 0 Å². The Kier molecular flexibility index (Phi) is 5.57. The Balaban J connectivity index is 1.83. The third-order valence-corrected chi connectivity index (χ3v) is 5.42. The fourth-order valence-electron chi connectivity index (χ4n) is 3.56. The molecule has 4 heteroatoms. The molecule has 30 heavy (non-hydrogen) atoms. The van der Waals surface area contributed by atoms with E-state index in [1.54, 1.807) is 13.2 Å². The summed E-state index contributed by atoms with van der Waals surface area (Å²) in [7, 11) is 1.58. The SMILES string of the molecule is COc1ccc2c(OCc3ccccc3C)c(Cc3ccccc3C)c(=O)oc2c1. The van der Waals surface area contributed by atoms with Crippen molar-refractivity contribution in [1.82, 2.24) is 0 Å². The van der Waals surface area contributed by atoms with Crippen LogP contribution in [-0.2, 0) is 13.0 Å². The van der Waals surface area contributed by atoms with Crippen molar-refractivity contribution in [2.24, 2.45) is 0 Å². The topological polar surface area (TPSA) is 48.7 Å². The minimum Gasteiger partial charge on any atom is -0.497 e. The van der Waals surface area contributed by atoms with E-state index >= 15 is 0 Å². The van der Waals surface area contributed by atoms with Gasteiger partial charge in [0.25, 0.3) is 0 Å². The molecule has 0 aliphatic carbocycles. The first kappa shape index (κ1) is 19.8. The fourth-order valence-corrected chi connectivity index (χ4v) is 3.56. The lowest BCUT2D eigenvalue weighted by molar-refractivity contribution is 0.303. The standard InChI is InChI=1S/C26H24O4/c1-17-8-4-6-10-19(17)14-23-25(29-16-20-11-7-5-9-18(20)2)22-13-12-21(28-3)15-24(22)30-26(23)27/h4-13,15H,14,16H2,1-3H3. The fraction of sp³-hybridized carbons (Fsp3) is 0.192. The number of methoxy groups -OCH3 is 1. The summed E-state index contributed by atoms with van der Waals surface area (Å²) in [6.07, 6.45) is 0.445. The Morgan fingerprint density at radius 1 is 0.867 bits per heavy atom. The molecule has 0 amide bonds. The maximum atomic E-state index is 13.0. The van der Waals surface area contributed by atoms with E-state index < -0.39 is 5.63 Å². The van der Waals surface area contributed by atoms with Crippen molar-refractivity contribution in [2.75, 3.05) is 7.11 Å². The summed E-state index contributed by atoms with van der Waals surface area (Å²) in [5, 5.41) is 0.757. The van der Waals surface area contributed by atoms with Crippen LogP contribution in [0.4, 0.5) is 0 Å². The second-order valence-electron chi connectivity index (χ2n) is 7.38. The average molecular weight is 400 g/mol. The largest absolute Gasteiger partial charge is 0.497 e. The molecule has 1 heterocycles. The summed E-state index contributed by atoms with van der Waals surface area (Å²) in [4.78, 5) is 13.0. The minimum atomic E-state index is -0.390. The van der Waals surface area contributed by atoms with Gasteiger partial charge in [-0.2, -0.15) is 0 Å². The smallest absolute Gasteiger partial charge is 0.343 e. The Morgan fingerprint density at radius 3 is 2.20 bits per heavy atom. The molecule has 3 aromatic carbocycles. The molecular weight excluding hydrogens is 376 g/mol. The van der Waals surface area contributed by atoms with E-state index in [1.807, 2.05) is 61.5 Å². The first-order chi connectivity index (χ1) is 14.6. The third kappa shape index (κ3) is 3.94. The Hall–Kier alpha value is -3.53. The van der Waals surface area contributed by atoms with Gasteiger partial charge in [-0.25, -0.2) is 4.79 Å². The highest BCUT2D eigenvalue weighted by Gasteiger charge is 2.18. The van der Waals surface area contributed by atoms with E-state index in [9.17, 15) is 4.79 Å². The molecule has 0 aliphatic rings. The van der Waals surface area contributed by atoms with Crippen LogP contribution in [0.15, 0.2) is 75.9 Å². The molecule has 0 aliphatic heterocycles. The van der Waals surface area contributed by atoms with Crippen molar-refractivity contribution in [3.63, 3.8) is 0 Å². The molecular formula is C26H24O4. The Labute approximate surface area is 175 Å². The van der Waals surface area contributed by atoms with Crippen molar-refractivity contribution in [1.29, 1.82) is 0 Å². The maximum absolute atomic E-state index is 13.0. The summed E-state index contributed by atoms with van der Waals surface area (Å²) < 4.78 is 17.2.